The highest BCUT2D eigenvalue weighted by Crippen LogP contribution is 2.14. The van der Waals surface area contributed by atoms with E-state index in [9.17, 15) is 9.59 Å². The average molecular weight is 321 g/mol. The maximum Gasteiger partial charge on any atom is 0.274 e. The van der Waals surface area contributed by atoms with Gasteiger partial charge >= 0.3 is 0 Å². The van der Waals surface area contributed by atoms with Gasteiger partial charge in [-0.2, -0.15) is 5.10 Å². The number of pyridine rings is 1. The van der Waals surface area contributed by atoms with E-state index in [4.69, 9.17) is 5.73 Å². The summed E-state index contributed by atoms with van der Waals surface area (Å²) < 4.78 is 1.54. The van der Waals surface area contributed by atoms with Crippen molar-refractivity contribution in [3.05, 3.63) is 71.8 Å². The normalized spacial score (nSPS) is 10.4. The number of carbonyl (C=O) groups is 2. The molecule has 7 nitrogen and oxygen atoms in total. The number of amides is 2. The van der Waals surface area contributed by atoms with Gasteiger partial charge in [0, 0.05) is 17.6 Å². The molecule has 2 amide bonds. The van der Waals surface area contributed by atoms with E-state index in [-0.39, 0.29) is 11.6 Å². The first-order chi connectivity index (χ1) is 11.5. The highest BCUT2D eigenvalue weighted by atomic mass is 16.2. The molecule has 3 aromatic rings. The van der Waals surface area contributed by atoms with Crippen molar-refractivity contribution in [3.63, 3.8) is 0 Å². The third-order valence-corrected chi connectivity index (χ3v) is 3.35. The van der Waals surface area contributed by atoms with Gasteiger partial charge in [0.1, 0.15) is 11.4 Å². The number of rotatable bonds is 4. The lowest BCUT2D eigenvalue weighted by Crippen LogP contribution is -2.14. The Balaban J connectivity index is 1.74. The molecule has 0 bridgehead atoms. The lowest BCUT2D eigenvalue weighted by molar-refractivity contribution is 0.0992. The van der Waals surface area contributed by atoms with Crippen molar-refractivity contribution in [1.29, 1.82) is 0 Å². The Bertz CT molecular complexity index is 899. The first kappa shape index (κ1) is 15.4. The van der Waals surface area contributed by atoms with Gasteiger partial charge in [-0.1, -0.05) is 6.07 Å². The van der Waals surface area contributed by atoms with Crippen molar-refractivity contribution in [1.82, 2.24) is 14.8 Å². The molecule has 0 spiro atoms. The molecule has 0 saturated carbocycles. The summed E-state index contributed by atoms with van der Waals surface area (Å²) in [7, 11) is 0. The Kier molecular flexibility index (Phi) is 4.07. The van der Waals surface area contributed by atoms with Crippen LogP contribution in [-0.4, -0.2) is 26.6 Å². The van der Waals surface area contributed by atoms with Crippen molar-refractivity contribution in [3.8, 4) is 5.69 Å². The van der Waals surface area contributed by atoms with E-state index < -0.39 is 5.91 Å². The molecule has 2 aromatic heterocycles. The third-order valence-electron chi connectivity index (χ3n) is 3.35. The predicted octanol–water partition coefficient (Wildman–Crippen LogP) is 1.93. The largest absolute Gasteiger partial charge is 0.364 e. The molecule has 0 atom stereocenters. The Morgan fingerprint density at radius 2 is 1.79 bits per heavy atom. The van der Waals surface area contributed by atoms with Crippen LogP contribution in [0.4, 0.5) is 5.69 Å². The minimum Gasteiger partial charge on any atom is -0.364 e. The molecule has 0 fully saturated rings. The van der Waals surface area contributed by atoms with E-state index in [1.165, 1.54) is 4.68 Å². The maximum absolute atomic E-state index is 12.2. The predicted molar refractivity (Wildman–Crippen MR) is 89.0 cm³/mol. The molecule has 0 aliphatic heterocycles. The third kappa shape index (κ3) is 3.30. The van der Waals surface area contributed by atoms with Crippen LogP contribution in [0.2, 0.25) is 0 Å². The number of aryl methyl sites for hydroxylation is 1. The van der Waals surface area contributed by atoms with Crippen LogP contribution in [0.5, 0.6) is 0 Å². The molecule has 3 N–H and O–H groups in total. The number of hydrogen-bond donors (Lipinski definition) is 2. The molecule has 24 heavy (non-hydrogen) atoms. The van der Waals surface area contributed by atoms with Gasteiger partial charge in [0.15, 0.2) is 0 Å². The number of carbonyl (C=O) groups excluding carboxylic acids is 2. The number of nitrogens with zero attached hydrogens (tertiary/aromatic N) is 3. The second-order valence-corrected chi connectivity index (χ2v) is 5.18. The second-order valence-electron chi connectivity index (χ2n) is 5.18. The fraction of sp³-hybridized carbons (Fsp3) is 0.0588. The summed E-state index contributed by atoms with van der Waals surface area (Å²) in [6.45, 7) is 1.83. The molecule has 1 aromatic carbocycles. The van der Waals surface area contributed by atoms with Crippen LogP contribution < -0.4 is 11.1 Å². The first-order valence-electron chi connectivity index (χ1n) is 7.24. The summed E-state index contributed by atoms with van der Waals surface area (Å²) >= 11 is 0. The van der Waals surface area contributed by atoms with Crippen LogP contribution in [0, 0.1) is 6.92 Å². The van der Waals surface area contributed by atoms with E-state index in [0.29, 0.717) is 11.4 Å². The second kappa shape index (κ2) is 6.33. The summed E-state index contributed by atoms with van der Waals surface area (Å²) in [5.74, 6) is -0.857. The van der Waals surface area contributed by atoms with Crippen LogP contribution in [0.1, 0.15) is 26.7 Å². The number of benzene rings is 1. The zero-order chi connectivity index (χ0) is 17.1. The van der Waals surface area contributed by atoms with Gasteiger partial charge in [-0.3, -0.25) is 9.59 Å². The maximum atomic E-state index is 12.2. The van der Waals surface area contributed by atoms with Gasteiger partial charge < -0.3 is 11.1 Å². The molecular weight excluding hydrogens is 306 g/mol. The van der Waals surface area contributed by atoms with Crippen molar-refractivity contribution in [2.24, 2.45) is 5.73 Å². The van der Waals surface area contributed by atoms with Gasteiger partial charge in [-0.15, -0.1) is 0 Å². The van der Waals surface area contributed by atoms with E-state index in [0.717, 1.165) is 11.4 Å². The number of primary amides is 1. The summed E-state index contributed by atoms with van der Waals surface area (Å²) in [6.07, 6.45) is 1.64. The highest BCUT2D eigenvalue weighted by molar-refractivity contribution is 6.02. The fourth-order valence-corrected chi connectivity index (χ4v) is 2.16. The number of hydrogen-bond acceptors (Lipinski definition) is 4. The summed E-state index contributed by atoms with van der Waals surface area (Å²) in [4.78, 5) is 27.4. The topological polar surface area (TPSA) is 103 Å². The molecule has 0 aliphatic rings. The van der Waals surface area contributed by atoms with E-state index in [2.05, 4.69) is 15.4 Å². The molecule has 3 rings (SSSR count). The van der Waals surface area contributed by atoms with Crippen molar-refractivity contribution >= 4 is 17.5 Å². The van der Waals surface area contributed by atoms with Crippen LogP contribution in [-0.2, 0) is 0 Å². The monoisotopic (exact) mass is 321 g/mol. The zero-order valence-electron chi connectivity index (χ0n) is 12.9. The van der Waals surface area contributed by atoms with Crippen LogP contribution in [0.3, 0.4) is 0 Å². The average Bonchev–Trinajstić information content (AvgIpc) is 3.06. The number of anilines is 1. The molecule has 2 heterocycles. The Hall–Kier alpha value is -3.48. The number of nitrogens with two attached hydrogens (primary N) is 1. The smallest absolute Gasteiger partial charge is 0.274 e. The summed E-state index contributed by atoms with van der Waals surface area (Å²) in [6, 6.07) is 13.9. The first-order valence-corrected chi connectivity index (χ1v) is 7.24. The lowest BCUT2D eigenvalue weighted by atomic mass is 10.2. The van der Waals surface area contributed by atoms with E-state index >= 15 is 0 Å². The molecular formula is C17H15N5O2. The van der Waals surface area contributed by atoms with E-state index in [1.54, 1.807) is 48.7 Å². The molecule has 0 unspecified atom stereocenters. The molecule has 0 radical (unpaired) electrons. The Labute approximate surface area is 138 Å². The molecule has 0 saturated heterocycles. The van der Waals surface area contributed by atoms with Crippen LogP contribution in [0.15, 0.2) is 54.7 Å². The van der Waals surface area contributed by atoms with Crippen molar-refractivity contribution in [2.75, 3.05) is 5.32 Å². The Morgan fingerprint density at radius 3 is 2.42 bits per heavy atom. The lowest BCUT2D eigenvalue weighted by Gasteiger charge is -2.07. The van der Waals surface area contributed by atoms with Gasteiger partial charge in [0.2, 0.25) is 0 Å². The highest BCUT2D eigenvalue weighted by Gasteiger charge is 2.09. The van der Waals surface area contributed by atoms with E-state index in [1.807, 2.05) is 13.0 Å². The van der Waals surface area contributed by atoms with Gasteiger partial charge in [-0.25, -0.2) is 9.67 Å². The summed E-state index contributed by atoms with van der Waals surface area (Å²) in [5, 5.41) is 6.86. The van der Waals surface area contributed by atoms with Gasteiger partial charge in [0.25, 0.3) is 11.8 Å². The number of aromatic nitrogens is 3. The molecule has 0 aliphatic carbocycles. The minimum absolute atomic E-state index is 0.193. The Morgan fingerprint density at radius 1 is 1.04 bits per heavy atom. The van der Waals surface area contributed by atoms with Crippen molar-refractivity contribution < 1.29 is 9.59 Å². The van der Waals surface area contributed by atoms with Gasteiger partial charge in [0.05, 0.1) is 5.69 Å². The van der Waals surface area contributed by atoms with Gasteiger partial charge in [-0.05, 0) is 49.4 Å². The summed E-state index contributed by atoms with van der Waals surface area (Å²) in [5.41, 5.74) is 7.89. The fourth-order valence-electron chi connectivity index (χ4n) is 2.16. The van der Waals surface area contributed by atoms with Crippen LogP contribution in [0.25, 0.3) is 5.69 Å². The van der Waals surface area contributed by atoms with Crippen LogP contribution >= 0.6 is 0 Å². The zero-order valence-corrected chi connectivity index (χ0v) is 12.9. The standard InChI is InChI=1S/C17H15N5O2/c1-11-3-2-4-15(19-11)17(24)20-12-5-7-13(8-6-12)22-10-9-14(21-22)16(18)23/h2-10H,1H3,(H2,18,23)(H,20,24). The molecule has 7 heteroatoms. The quantitative estimate of drug-likeness (QED) is 0.766. The minimum atomic E-state index is -0.580. The molecule has 120 valence electrons. The number of nitrogens with one attached hydrogen (secondary N) is 1. The van der Waals surface area contributed by atoms with Crippen molar-refractivity contribution in [2.45, 2.75) is 6.92 Å². The SMILES string of the molecule is Cc1cccc(C(=O)Nc2ccc(-n3ccc(C(N)=O)n3)cc2)n1.